The van der Waals surface area contributed by atoms with E-state index < -0.39 is 66.6 Å². The molecule has 1 rings (SSSR count). The zero-order chi connectivity index (χ0) is 24.5. The second-order valence-electron chi connectivity index (χ2n) is 7.34. The first-order valence-electron chi connectivity index (χ1n) is 10.0. The molecular weight excluding hydrogens is 422 g/mol. The molecule has 3 unspecified atom stereocenters. The number of benzene rings is 1. The summed E-state index contributed by atoms with van der Waals surface area (Å²) in [6.07, 6.45) is -1.20. The van der Waals surface area contributed by atoms with Crippen LogP contribution in [0, 0.1) is 0 Å². The number of carboxylic acids is 2. The maximum atomic E-state index is 13.2. The molecule has 11 nitrogen and oxygen atoms in total. The Hall–Kier alpha value is -3.15. The Labute approximate surface area is 185 Å². The van der Waals surface area contributed by atoms with Crippen molar-refractivity contribution in [1.29, 1.82) is 0 Å². The molecule has 176 valence electrons. The summed E-state index contributed by atoms with van der Waals surface area (Å²) in [6.45, 7) is 0.192. The highest BCUT2D eigenvalue weighted by Gasteiger charge is 2.56. The van der Waals surface area contributed by atoms with Crippen LogP contribution in [0.5, 0.6) is 0 Å². The molecule has 1 aromatic carbocycles. The lowest BCUT2D eigenvalue weighted by molar-refractivity contribution is -0.175. The molecule has 7 N–H and O–H groups in total. The molecule has 0 aliphatic rings. The van der Waals surface area contributed by atoms with Crippen molar-refractivity contribution in [3.05, 3.63) is 35.9 Å². The van der Waals surface area contributed by atoms with Crippen LogP contribution in [0.3, 0.4) is 0 Å². The minimum absolute atomic E-state index is 0.0864. The van der Waals surface area contributed by atoms with Crippen molar-refractivity contribution in [1.82, 2.24) is 4.90 Å². The van der Waals surface area contributed by atoms with Gasteiger partial charge in [-0.1, -0.05) is 37.3 Å². The quantitative estimate of drug-likeness (QED) is 0.238. The van der Waals surface area contributed by atoms with Gasteiger partial charge in [0.2, 0.25) is 17.4 Å². The molecule has 1 aromatic rings. The van der Waals surface area contributed by atoms with E-state index in [9.17, 15) is 34.2 Å². The fraction of sp³-hybridized carbons (Fsp3) is 0.476. The van der Waals surface area contributed by atoms with E-state index in [1.807, 2.05) is 0 Å². The van der Waals surface area contributed by atoms with E-state index in [0.29, 0.717) is 5.56 Å². The molecule has 0 heterocycles. The molecule has 0 saturated carbocycles. The highest BCUT2D eigenvalue weighted by molar-refractivity contribution is 6.16. The number of aliphatic hydroxyl groups excluding tert-OH is 1. The Morgan fingerprint density at radius 2 is 1.53 bits per heavy atom. The minimum atomic E-state index is -2.93. The third kappa shape index (κ3) is 6.19. The maximum Gasteiger partial charge on any atom is 0.340 e. The molecule has 11 heteroatoms. The summed E-state index contributed by atoms with van der Waals surface area (Å²) in [5.74, 6) is -6.78. The van der Waals surface area contributed by atoms with Crippen molar-refractivity contribution in [2.45, 2.75) is 56.7 Å². The van der Waals surface area contributed by atoms with Crippen molar-refractivity contribution in [3.8, 4) is 0 Å². The summed E-state index contributed by atoms with van der Waals surface area (Å²) in [4.78, 5) is 62.2. The summed E-state index contributed by atoms with van der Waals surface area (Å²) in [5.41, 5.74) is 9.40. The van der Waals surface area contributed by atoms with Crippen molar-refractivity contribution >= 4 is 29.5 Å². The average Bonchev–Trinajstić information content (AvgIpc) is 2.75. The topological polar surface area (TPSA) is 201 Å². The van der Waals surface area contributed by atoms with Crippen molar-refractivity contribution < 1.29 is 39.3 Å². The number of carboxylic acid groups (broad SMARTS) is 2. The second-order valence-corrected chi connectivity index (χ2v) is 7.34. The number of nitrogens with zero attached hydrogens (tertiary/aromatic N) is 1. The monoisotopic (exact) mass is 451 g/mol. The number of carbonyl (C=O) groups excluding carboxylic acids is 3. The molecule has 3 atom stereocenters. The number of nitrogens with two attached hydrogens (primary N) is 2. The van der Waals surface area contributed by atoms with Crippen LogP contribution in [-0.4, -0.2) is 74.0 Å². The Morgan fingerprint density at radius 1 is 0.969 bits per heavy atom. The molecule has 32 heavy (non-hydrogen) atoms. The Bertz CT molecular complexity index is 845. The zero-order valence-corrected chi connectivity index (χ0v) is 17.8. The predicted molar refractivity (Wildman–Crippen MR) is 112 cm³/mol. The number of ketones is 1. The molecule has 0 spiro atoms. The van der Waals surface area contributed by atoms with Crippen LogP contribution in [0.4, 0.5) is 0 Å². The van der Waals surface area contributed by atoms with Gasteiger partial charge in [0.25, 0.3) is 0 Å². The van der Waals surface area contributed by atoms with E-state index in [0.717, 1.165) is 0 Å². The van der Waals surface area contributed by atoms with Gasteiger partial charge in [-0.3, -0.25) is 24.1 Å². The van der Waals surface area contributed by atoms with Gasteiger partial charge in [-0.15, -0.1) is 0 Å². The van der Waals surface area contributed by atoms with Gasteiger partial charge in [-0.25, -0.2) is 4.79 Å². The standard InChI is InChI=1S/C21H29N3O8/c1-2-6-16(26)21(12-25,20(31)32)24(18(29)14(22)9-10-17(27)28)19(30)15(23)11-13-7-4-3-5-8-13/h3-5,7-8,14-15,25H,2,6,9-12,22-23H2,1H3,(H,27,28)(H,31,32). The molecule has 0 bridgehead atoms. The van der Waals surface area contributed by atoms with Crippen LogP contribution in [0.15, 0.2) is 30.3 Å². The molecule has 0 radical (unpaired) electrons. The molecule has 0 aliphatic heterocycles. The van der Waals surface area contributed by atoms with Gasteiger partial charge in [0.15, 0.2) is 5.78 Å². The molecular formula is C21H29N3O8. The average molecular weight is 451 g/mol. The van der Waals surface area contributed by atoms with Gasteiger partial charge >= 0.3 is 11.9 Å². The third-order valence-electron chi connectivity index (χ3n) is 4.95. The first kappa shape index (κ1) is 26.9. The van der Waals surface area contributed by atoms with Gasteiger partial charge in [0, 0.05) is 12.8 Å². The van der Waals surface area contributed by atoms with Crippen LogP contribution in [0.2, 0.25) is 0 Å². The number of imide groups is 1. The van der Waals surface area contributed by atoms with E-state index in [4.69, 9.17) is 16.6 Å². The van der Waals surface area contributed by atoms with E-state index >= 15 is 0 Å². The number of aliphatic hydroxyl groups is 1. The lowest BCUT2D eigenvalue weighted by Gasteiger charge is -2.39. The Kier molecular flexibility index (Phi) is 10.1. The fourth-order valence-corrected chi connectivity index (χ4v) is 3.17. The SMILES string of the molecule is CCCC(=O)C(CO)(C(=O)O)N(C(=O)C(N)CCC(=O)O)C(=O)C(N)Cc1ccccc1. The summed E-state index contributed by atoms with van der Waals surface area (Å²) in [5, 5.41) is 28.7. The summed E-state index contributed by atoms with van der Waals surface area (Å²) < 4.78 is 0. The van der Waals surface area contributed by atoms with E-state index in [2.05, 4.69) is 0 Å². The van der Waals surface area contributed by atoms with Crippen LogP contribution in [0.25, 0.3) is 0 Å². The first-order valence-corrected chi connectivity index (χ1v) is 10.0. The van der Waals surface area contributed by atoms with Crippen LogP contribution >= 0.6 is 0 Å². The van der Waals surface area contributed by atoms with Crippen molar-refractivity contribution in [3.63, 3.8) is 0 Å². The Morgan fingerprint density at radius 3 is 2.00 bits per heavy atom. The van der Waals surface area contributed by atoms with Crippen LogP contribution < -0.4 is 11.5 Å². The molecule has 0 fully saturated rings. The van der Waals surface area contributed by atoms with Crippen molar-refractivity contribution in [2.24, 2.45) is 11.5 Å². The largest absolute Gasteiger partial charge is 0.481 e. The van der Waals surface area contributed by atoms with Gasteiger partial charge in [0.1, 0.15) is 0 Å². The van der Waals surface area contributed by atoms with E-state index in [1.165, 1.54) is 0 Å². The van der Waals surface area contributed by atoms with E-state index in [1.54, 1.807) is 37.3 Å². The minimum Gasteiger partial charge on any atom is -0.481 e. The highest BCUT2D eigenvalue weighted by atomic mass is 16.4. The summed E-state index contributed by atoms with van der Waals surface area (Å²) in [7, 11) is 0. The number of Topliss-reactive ketones (excluding diaryl/α,β-unsaturated/α-hetero) is 1. The Balaban J connectivity index is 3.48. The number of carbonyl (C=O) groups is 5. The van der Waals surface area contributed by atoms with Gasteiger partial charge in [0.05, 0.1) is 18.7 Å². The molecule has 0 aromatic heterocycles. The zero-order valence-electron chi connectivity index (χ0n) is 17.8. The van der Waals surface area contributed by atoms with Gasteiger partial charge in [-0.05, 0) is 24.8 Å². The highest BCUT2D eigenvalue weighted by Crippen LogP contribution is 2.24. The summed E-state index contributed by atoms with van der Waals surface area (Å²) >= 11 is 0. The van der Waals surface area contributed by atoms with Crippen molar-refractivity contribution in [2.75, 3.05) is 6.61 Å². The van der Waals surface area contributed by atoms with Gasteiger partial charge < -0.3 is 26.8 Å². The smallest absolute Gasteiger partial charge is 0.340 e. The van der Waals surface area contributed by atoms with Gasteiger partial charge in [-0.2, -0.15) is 0 Å². The summed E-state index contributed by atoms with van der Waals surface area (Å²) in [6, 6.07) is 5.40. The lowest BCUT2D eigenvalue weighted by Crippen LogP contribution is -2.70. The fourth-order valence-electron chi connectivity index (χ4n) is 3.17. The van der Waals surface area contributed by atoms with E-state index in [-0.39, 0.29) is 24.2 Å². The van der Waals surface area contributed by atoms with Crippen LogP contribution in [-0.2, 0) is 30.4 Å². The number of rotatable bonds is 13. The maximum absolute atomic E-state index is 13.2. The number of amides is 2. The third-order valence-corrected chi connectivity index (χ3v) is 4.95. The molecule has 2 amide bonds. The molecule has 0 aliphatic carbocycles. The normalized spacial score (nSPS) is 14.6. The van der Waals surface area contributed by atoms with Crippen LogP contribution in [0.1, 0.15) is 38.2 Å². The lowest BCUT2D eigenvalue weighted by atomic mass is 9.87. The number of hydrogen-bond acceptors (Lipinski definition) is 8. The molecule has 0 saturated heterocycles. The second kappa shape index (κ2) is 12.0. The predicted octanol–water partition coefficient (Wildman–Crippen LogP) is -0.711. The number of hydrogen-bond donors (Lipinski definition) is 5. The number of aliphatic carboxylic acids is 2. The first-order chi connectivity index (χ1) is 15.0.